The van der Waals surface area contributed by atoms with Crippen molar-refractivity contribution >= 4 is 32.7 Å². The molecule has 2 fully saturated rings. The van der Waals surface area contributed by atoms with Gasteiger partial charge in [-0.3, -0.25) is 4.79 Å². The van der Waals surface area contributed by atoms with E-state index >= 15 is 0 Å². The molecule has 1 amide bonds. The molecule has 122 valence electrons. The number of halogens is 1. The Labute approximate surface area is 145 Å². The van der Waals surface area contributed by atoms with Crippen molar-refractivity contribution < 1.29 is 4.79 Å². The van der Waals surface area contributed by atoms with Crippen LogP contribution in [0.5, 0.6) is 0 Å². The molecule has 2 unspecified atom stereocenters. The number of fused-ring (bicyclic) bond motifs is 3. The largest absolute Gasteiger partial charge is 0.350 e. The zero-order chi connectivity index (χ0) is 16.4. The third-order valence-corrected chi connectivity index (χ3v) is 6.87. The molecule has 3 atom stereocenters. The zero-order valence-corrected chi connectivity index (χ0v) is 15.5. The van der Waals surface area contributed by atoms with E-state index in [1.807, 2.05) is 24.3 Å². The van der Waals surface area contributed by atoms with Gasteiger partial charge in [0.05, 0.1) is 0 Å². The van der Waals surface area contributed by atoms with Gasteiger partial charge in [0.25, 0.3) is 5.91 Å². The van der Waals surface area contributed by atoms with Gasteiger partial charge >= 0.3 is 0 Å². The highest BCUT2D eigenvalue weighted by molar-refractivity contribution is 9.10. The zero-order valence-electron chi connectivity index (χ0n) is 13.9. The number of amides is 1. The number of aromatic amines is 1. The molecule has 2 N–H and O–H groups in total. The second-order valence-electron chi connectivity index (χ2n) is 8.24. The molecule has 23 heavy (non-hydrogen) atoms. The van der Waals surface area contributed by atoms with Gasteiger partial charge in [-0.25, -0.2) is 0 Å². The van der Waals surface area contributed by atoms with Crippen LogP contribution in [0.2, 0.25) is 0 Å². The van der Waals surface area contributed by atoms with E-state index < -0.39 is 0 Å². The molecule has 1 aromatic carbocycles. The molecule has 0 spiro atoms. The molecular weight excluding hydrogens is 352 g/mol. The number of aromatic nitrogens is 1. The van der Waals surface area contributed by atoms with Crippen LogP contribution in [-0.4, -0.2) is 16.9 Å². The van der Waals surface area contributed by atoms with Crippen molar-refractivity contribution in [3.8, 4) is 0 Å². The summed E-state index contributed by atoms with van der Waals surface area (Å²) in [7, 11) is 0. The fourth-order valence-corrected chi connectivity index (χ4v) is 5.45. The monoisotopic (exact) mass is 374 g/mol. The van der Waals surface area contributed by atoms with Crippen LogP contribution in [0.25, 0.3) is 10.9 Å². The first kappa shape index (κ1) is 15.3. The quantitative estimate of drug-likeness (QED) is 0.773. The van der Waals surface area contributed by atoms with Gasteiger partial charge in [-0.15, -0.1) is 0 Å². The molecule has 2 aromatic rings. The number of carbonyl (C=O) groups excluding carboxylic acids is 1. The maximum absolute atomic E-state index is 12.8. The number of H-pyrrole nitrogens is 1. The summed E-state index contributed by atoms with van der Waals surface area (Å²) in [5.74, 6) is 0.751. The summed E-state index contributed by atoms with van der Waals surface area (Å²) in [6, 6.07) is 8.22. The standard InChI is InChI=1S/C19H23BrN2O/c1-18(2)12-6-7-19(3,10-12)17(18)22-16(23)15-8-11-4-5-13(20)9-14(11)21-15/h4-5,8-9,12,17,21H,6-7,10H2,1-3H3,(H,22,23)/t12?,17?,19-/m1/s1. The first-order valence-electron chi connectivity index (χ1n) is 8.39. The predicted molar refractivity (Wildman–Crippen MR) is 96.5 cm³/mol. The minimum atomic E-state index is 0.0178. The van der Waals surface area contributed by atoms with Gasteiger partial charge in [-0.05, 0) is 54.2 Å². The smallest absolute Gasteiger partial charge is 0.267 e. The molecule has 2 saturated carbocycles. The van der Waals surface area contributed by atoms with Crippen molar-refractivity contribution in [2.75, 3.05) is 0 Å². The average Bonchev–Trinajstić information content (AvgIpc) is 3.11. The molecule has 2 bridgehead atoms. The van der Waals surface area contributed by atoms with E-state index in [9.17, 15) is 4.79 Å². The van der Waals surface area contributed by atoms with E-state index in [1.165, 1.54) is 19.3 Å². The molecule has 4 rings (SSSR count). The fourth-order valence-electron chi connectivity index (χ4n) is 5.09. The molecule has 3 nitrogen and oxygen atoms in total. The highest BCUT2D eigenvalue weighted by atomic mass is 79.9. The lowest BCUT2D eigenvalue weighted by Crippen LogP contribution is -2.52. The van der Waals surface area contributed by atoms with Gasteiger partial charge in [0.1, 0.15) is 5.69 Å². The van der Waals surface area contributed by atoms with Crippen LogP contribution in [0, 0.1) is 16.7 Å². The van der Waals surface area contributed by atoms with Crippen molar-refractivity contribution in [3.05, 3.63) is 34.4 Å². The van der Waals surface area contributed by atoms with Gasteiger partial charge < -0.3 is 10.3 Å². The van der Waals surface area contributed by atoms with E-state index in [4.69, 9.17) is 0 Å². The fraction of sp³-hybridized carbons (Fsp3) is 0.526. The van der Waals surface area contributed by atoms with E-state index in [-0.39, 0.29) is 22.8 Å². The number of hydrogen-bond acceptors (Lipinski definition) is 1. The van der Waals surface area contributed by atoms with E-state index in [2.05, 4.69) is 47.0 Å². The van der Waals surface area contributed by atoms with Crippen molar-refractivity contribution in [2.45, 2.75) is 46.1 Å². The molecule has 1 heterocycles. The summed E-state index contributed by atoms with van der Waals surface area (Å²) in [5, 5.41) is 4.42. The number of nitrogens with one attached hydrogen (secondary N) is 2. The third-order valence-electron chi connectivity index (χ3n) is 6.37. The number of carbonyl (C=O) groups is 1. The molecule has 0 aliphatic heterocycles. The van der Waals surface area contributed by atoms with Crippen LogP contribution < -0.4 is 5.32 Å². The lowest BCUT2D eigenvalue weighted by Gasteiger charge is -2.43. The molecule has 0 radical (unpaired) electrons. The van der Waals surface area contributed by atoms with Crippen molar-refractivity contribution in [1.82, 2.24) is 10.3 Å². The van der Waals surface area contributed by atoms with Gasteiger partial charge in [-0.2, -0.15) is 0 Å². The Morgan fingerprint density at radius 3 is 2.78 bits per heavy atom. The van der Waals surface area contributed by atoms with Gasteiger partial charge in [0.15, 0.2) is 0 Å². The second kappa shape index (κ2) is 4.85. The Morgan fingerprint density at radius 2 is 2.09 bits per heavy atom. The van der Waals surface area contributed by atoms with Crippen molar-refractivity contribution in [2.24, 2.45) is 16.7 Å². The van der Waals surface area contributed by atoms with Crippen LogP contribution in [0.3, 0.4) is 0 Å². The number of rotatable bonds is 2. The number of hydrogen-bond donors (Lipinski definition) is 2. The number of benzene rings is 1. The summed E-state index contributed by atoms with van der Waals surface area (Å²) in [4.78, 5) is 16.1. The highest BCUT2D eigenvalue weighted by Gasteiger charge is 2.59. The van der Waals surface area contributed by atoms with Crippen LogP contribution in [0.1, 0.15) is 50.5 Å². The van der Waals surface area contributed by atoms with Crippen LogP contribution in [-0.2, 0) is 0 Å². The van der Waals surface area contributed by atoms with E-state index in [1.54, 1.807) is 0 Å². The van der Waals surface area contributed by atoms with Gasteiger partial charge in [0.2, 0.25) is 0 Å². The van der Waals surface area contributed by atoms with Crippen molar-refractivity contribution in [3.63, 3.8) is 0 Å². The molecule has 2 aliphatic carbocycles. The Morgan fingerprint density at radius 1 is 1.30 bits per heavy atom. The van der Waals surface area contributed by atoms with Gasteiger partial charge in [-0.1, -0.05) is 42.8 Å². The summed E-state index contributed by atoms with van der Waals surface area (Å²) in [6.07, 6.45) is 3.77. The maximum Gasteiger partial charge on any atom is 0.267 e. The third kappa shape index (κ3) is 2.25. The molecular formula is C19H23BrN2O. The van der Waals surface area contributed by atoms with Crippen LogP contribution in [0.4, 0.5) is 0 Å². The first-order valence-corrected chi connectivity index (χ1v) is 9.18. The van der Waals surface area contributed by atoms with Crippen LogP contribution >= 0.6 is 15.9 Å². The molecule has 1 aromatic heterocycles. The Hall–Kier alpha value is -1.29. The maximum atomic E-state index is 12.8. The summed E-state index contributed by atoms with van der Waals surface area (Å²) in [5.41, 5.74) is 2.07. The molecule has 4 heteroatoms. The van der Waals surface area contributed by atoms with Crippen LogP contribution in [0.15, 0.2) is 28.7 Å². The minimum Gasteiger partial charge on any atom is -0.350 e. The highest BCUT2D eigenvalue weighted by Crippen LogP contribution is 2.62. The van der Waals surface area contributed by atoms with Gasteiger partial charge in [0, 0.05) is 21.4 Å². The second-order valence-corrected chi connectivity index (χ2v) is 9.15. The summed E-state index contributed by atoms with van der Waals surface area (Å²) in [6.45, 7) is 6.97. The Bertz CT molecular complexity index is 789. The topological polar surface area (TPSA) is 44.9 Å². The van der Waals surface area contributed by atoms with E-state index in [0.717, 1.165) is 21.3 Å². The SMILES string of the molecule is CC1(C)C2CC[C@](C)(C2)C1NC(=O)c1cc2ccc(Br)cc2[nH]1. The summed E-state index contributed by atoms with van der Waals surface area (Å²) < 4.78 is 1.01. The molecule has 0 saturated heterocycles. The summed E-state index contributed by atoms with van der Waals surface area (Å²) >= 11 is 3.47. The average molecular weight is 375 g/mol. The Balaban J connectivity index is 1.62. The lowest BCUT2D eigenvalue weighted by molar-refractivity contribution is 0.0734. The first-order chi connectivity index (χ1) is 10.8. The minimum absolute atomic E-state index is 0.0178. The lowest BCUT2D eigenvalue weighted by atomic mass is 9.68. The Kier molecular flexibility index (Phi) is 3.22. The van der Waals surface area contributed by atoms with E-state index in [0.29, 0.717) is 5.69 Å². The molecule has 2 aliphatic rings. The van der Waals surface area contributed by atoms with Crippen molar-refractivity contribution in [1.29, 1.82) is 0 Å². The predicted octanol–water partition coefficient (Wildman–Crippen LogP) is 4.88. The normalized spacial score (nSPS) is 31.7.